The minimum atomic E-state index is -0.108. The zero-order valence-electron chi connectivity index (χ0n) is 10.4. The molecule has 0 bridgehead atoms. The minimum Gasteiger partial charge on any atom is -0.382 e. The van der Waals surface area contributed by atoms with Gasteiger partial charge in [-0.3, -0.25) is 4.57 Å². The van der Waals surface area contributed by atoms with E-state index in [1.54, 1.807) is 17.0 Å². The molecule has 1 aliphatic rings. The number of aromatic nitrogens is 2. The molecule has 0 unspecified atom stereocenters. The summed E-state index contributed by atoms with van der Waals surface area (Å²) in [4.78, 5) is 14.1. The van der Waals surface area contributed by atoms with E-state index in [1.165, 1.54) is 12.8 Å². The number of hydrogen-bond acceptors (Lipinski definition) is 2. The van der Waals surface area contributed by atoms with Gasteiger partial charge < -0.3 is 10.3 Å². The Bertz CT molecular complexity index is 576. The van der Waals surface area contributed by atoms with Gasteiger partial charge in [-0.05, 0) is 43.0 Å². The highest BCUT2D eigenvalue weighted by Gasteiger charge is 2.24. The molecule has 0 radical (unpaired) electrons. The van der Waals surface area contributed by atoms with Crippen LogP contribution in [0.1, 0.15) is 19.8 Å². The van der Waals surface area contributed by atoms with E-state index in [9.17, 15) is 4.79 Å². The molecule has 2 N–H and O–H groups in total. The lowest BCUT2D eigenvalue weighted by atomic mass is 9.82. The van der Waals surface area contributed by atoms with Crippen molar-refractivity contribution in [2.24, 2.45) is 5.92 Å². The number of nitrogens with zero attached hydrogens (tertiary/aromatic N) is 1. The van der Waals surface area contributed by atoms with Gasteiger partial charge in [0, 0.05) is 24.1 Å². The molecule has 1 aliphatic carbocycles. The quantitative estimate of drug-likeness (QED) is 0.869. The molecular formula is C14H17N3O. The molecule has 4 nitrogen and oxygen atoms in total. The van der Waals surface area contributed by atoms with Gasteiger partial charge in [-0.2, -0.15) is 0 Å². The molecule has 1 aromatic carbocycles. The Labute approximate surface area is 106 Å². The molecule has 1 aromatic heterocycles. The molecule has 0 atom stereocenters. The van der Waals surface area contributed by atoms with E-state index < -0.39 is 0 Å². The van der Waals surface area contributed by atoms with Crippen molar-refractivity contribution in [2.45, 2.75) is 25.8 Å². The van der Waals surface area contributed by atoms with Crippen LogP contribution in [0.2, 0.25) is 0 Å². The fourth-order valence-corrected chi connectivity index (χ4v) is 2.50. The van der Waals surface area contributed by atoms with Gasteiger partial charge in [0.25, 0.3) is 0 Å². The van der Waals surface area contributed by atoms with Crippen molar-refractivity contribution >= 4 is 5.69 Å². The normalized spacial score (nSPS) is 22.5. The van der Waals surface area contributed by atoms with Gasteiger partial charge in [-0.25, -0.2) is 4.79 Å². The van der Waals surface area contributed by atoms with Crippen molar-refractivity contribution in [1.29, 1.82) is 0 Å². The van der Waals surface area contributed by atoms with Crippen LogP contribution in [0.3, 0.4) is 0 Å². The molecule has 1 fully saturated rings. The number of aromatic amines is 1. The smallest absolute Gasteiger partial charge is 0.330 e. The van der Waals surface area contributed by atoms with E-state index in [0.717, 1.165) is 17.3 Å². The summed E-state index contributed by atoms with van der Waals surface area (Å²) in [5.74, 6) is 0.847. The summed E-state index contributed by atoms with van der Waals surface area (Å²) >= 11 is 0. The Morgan fingerprint density at radius 1 is 1.28 bits per heavy atom. The van der Waals surface area contributed by atoms with E-state index in [-0.39, 0.29) is 5.69 Å². The van der Waals surface area contributed by atoms with Gasteiger partial charge in [-0.1, -0.05) is 6.92 Å². The maximum Gasteiger partial charge on any atom is 0.330 e. The second kappa shape index (κ2) is 4.37. The highest BCUT2D eigenvalue weighted by Crippen LogP contribution is 2.29. The molecule has 3 rings (SSSR count). The first-order valence-electron chi connectivity index (χ1n) is 6.35. The number of benzene rings is 1. The van der Waals surface area contributed by atoms with Crippen molar-refractivity contribution in [3.05, 3.63) is 47.1 Å². The first-order chi connectivity index (χ1) is 8.72. The fraction of sp³-hybridized carbons (Fsp3) is 0.357. The highest BCUT2D eigenvalue weighted by molar-refractivity contribution is 5.49. The lowest BCUT2D eigenvalue weighted by molar-refractivity contribution is 0.309. The number of hydrogen-bond donors (Lipinski definition) is 2. The van der Waals surface area contributed by atoms with Crippen LogP contribution in [-0.2, 0) is 0 Å². The molecular weight excluding hydrogens is 226 g/mol. The summed E-state index contributed by atoms with van der Waals surface area (Å²) in [6.07, 6.45) is 5.88. The summed E-state index contributed by atoms with van der Waals surface area (Å²) in [5, 5.41) is 3.50. The first-order valence-corrected chi connectivity index (χ1v) is 6.35. The van der Waals surface area contributed by atoms with Gasteiger partial charge in [0.1, 0.15) is 0 Å². The second-order valence-electron chi connectivity index (χ2n) is 5.10. The highest BCUT2D eigenvalue weighted by atomic mass is 16.1. The van der Waals surface area contributed by atoms with E-state index in [0.29, 0.717) is 6.04 Å². The van der Waals surface area contributed by atoms with Crippen LogP contribution in [0.15, 0.2) is 41.5 Å². The van der Waals surface area contributed by atoms with Crippen LogP contribution >= 0.6 is 0 Å². The van der Waals surface area contributed by atoms with Crippen molar-refractivity contribution in [2.75, 3.05) is 5.32 Å². The summed E-state index contributed by atoms with van der Waals surface area (Å²) < 4.78 is 1.59. The summed E-state index contributed by atoms with van der Waals surface area (Å²) in [7, 11) is 0. The third kappa shape index (κ3) is 2.06. The fourth-order valence-electron chi connectivity index (χ4n) is 2.50. The predicted molar refractivity (Wildman–Crippen MR) is 72.2 cm³/mol. The van der Waals surface area contributed by atoms with E-state index >= 15 is 0 Å². The Hall–Kier alpha value is -1.97. The van der Waals surface area contributed by atoms with Crippen molar-refractivity contribution in [3.8, 4) is 5.69 Å². The molecule has 2 aromatic rings. The van der Waals surface area contributed by atoms with Crippen molar-refractivity contribution < 1.29 is 0 Å². The average molecular weight is 243 g/mol. The summed E-state index contributed by atoms with van der Waals surface area (Å²) in [5.41, 5.74) is 1.90. The van der Waals surface area contributed by atoms with Crippen LogP contribution in [0, 0.1) is 5.92 Å². The van der Waals surface area contributed by atoms with Gasteiger partial charge in [-0.15, -0.1) is 0 Å². The van der Waals surface area contributed by atoms with Crippen molar-refractivity contribution in [1.82, 2.24) is 9.55 Å². The molecule has 18 heavy (non-hydrogen) atoms. The first kappa shape index (κ1) is 11.1. The van der Waals surface area contributed by atoms with E-state index in [2.05, 4.69) is 17.2 Å². The summed E-state index contributed by atoms with van der Waals surface area (Å²) in [6, 6.07) is 8.58. The lowest BCUT2D eigenvalue weighted by Gasteiger charge is -2.34. The molecule has 0 saturated heterocycles. The Balaban J connectivity index is 1.73. The van der Waals surface area contributed by atoms with Crippen LogP contribution in [-0.4, -0.2) is 15.6 Å². The zero-order valence-corrected chi connectivity index (χ0v) is 10.4. The van der Waals surface area contributed by atoms with Crippen LogP contribution in [0.4, 0.5) is 5.69 Å². The van der Waals surface area contributed by atoms with Crippen molar-refractivity contribution in [3.63, 3.8) is 0 Å². The standard InChI is InChI=1S/C14H17N3O/c1-10-8-12(9-10)16-11-2-4-13(5-3-11)17-7-6-15-14(17)18/h2-7,10,12,16H,8-9H2,1H3,(H,15,18). The molecule has 1 saturated carbocycles. The third-order valence-corrected chi connectivity index (χ3v) is 3.54. The predicted octanol–water partition coefficient (Wildman–Crippen LogP) is 2.38. The SMILES string of the molecule is CC1CC(Nc2ccc(-n3cc[nH]c3=O)cc2)C1. The average Bonchev–Trinajstić information content (AvgIpc) is 2.75. The maximum absolute atomic E-state index is 11.5. The number of imidazole rings is 1. The lowest BCUT2D eigenvalue weighted by Crippen LogP contribution is -2.33. The van der Waals surface area contributed by atoms with Crippen LogP contribution in [0.5, 0.6) is 0 Å². The number of H-pyrrole nitrogens is 1. The molecule has 4 heteroatoms. The van der Waals surface area contributed by atoms with Crippen LogP contribution < -0.4 is 11.0 Å². The topological polar surface area (TPSA) is 49.8 Å². The maximum atomic E-state index is 11.5. The Kier molecular flexibility index (Phi) is 2.70. The minimum absolute atomic E-state index is 0.108. The molecule has 0 spiro atoms. The second-order valence-corrected chi connectivity index (χ2v) is 5.10. The number of nitrogens with one attached hydrogen (secondary N) is 2. The van der Waals surface area contributed by atoms with Gasteiger partial charge >= 0.3 is 5.69 Å². The molecule has 1 heterocycles. The molecule has 0 amide bonds. The summed E-state index contributed by atoms with van der Waals surface area (Å²) in [6.45, 7) is 2.28. The largest absolute Gasteiger partial charge is 0.382 e. The van der Waals surface area contributed by atoms with Gasteiger partial charge in [0.05, 0.1) is 5.69 Å². The zero-order chi connectivity index (χ0) is 12.5. The van der Waals surface area contributed by atoms with E-state index in [4.69, 9.17) is 0 Å². The number of anilines is 1. The number of rotatable bonds is 3. The third-order valence-electron chi connectivity index (χ3n) is 3.54. The van der Waals surface area contributed by atoms with Crippen LogP contribution in [0.25, 0.3) is 5.69 Å². The van der Waals surface area contributed by atoms with Gasteiger partial charge in [0.2, 0.25) is 0 Å². The Morgan fingerprint density at radius 2 is 2.00 bits per heavy atom. The Morgan fingerprint density at radius 3 is 2.56 bits per heavy atom. The monoisotopic (exact) mass is 243 g/mol. The molecule has 0 aliphatic heterocycles. The van der Waals surface area contributed by atoms with E-state index in [1.807, 2.05) is 24.3 Å². The molecule has 94 valence electrons. The van der Waals surface area contributed by atoms with Gasteiger partial charge in [0.15, 0.2) is 0 Å².